The molecule has 1 aromatic heterocycles. The Morgan fingerprint density at radius 3 is 2.43 bits per heavy atom. The second kappa shape index (κ2) is 11.4. The SMILES string of the molecule is C=C/C=C\C(=C)C1C=CCc2ccc(-c3ccc4c(c3)-c3ncccc3C43c4ccccc4-c4cccc5cccc3c45)c3ccc(cc23)/C=C\1. The summed E-state index contributed by atoms with van der Waals surface area (Å²) in [6, 6.07) is 45.6. The molecular weight excluding hydrogens is 615 g/mol. The van der Waals surface area contributed by atoms with Crippen LogP contribution in [0.2, 0.25) is 0 Å². The molecule has 10 rings (SSSR count). The van der Waals surface area contributed by atoms with Crippen LogP contribution < -0.4 is 0 Å². The number of hydrogen-bond donors (Lipinski definition) is 0. The average Bonchev–Trinajstić information content (AvgIpc) is 3.47. The van der Waals surface area contributed by atoms with Crippen LogP contribution in [0, 0.1) is 5.92 Å². The predicted octanol–water partition coefficient (Wildman–Crippen LogP) is 12.4. The van der Waals surface area contributed by atoms with E-state index in [0.717, 1.165) is 17.7 Å². The number of fused-ring (bicyclic) bond motifs is 10. The molecule has 6 aromatic carbocycles. The van der Waals surface area contributed by atoms with E-state index in [1.807, 2.05) is 18.3 Å². The van der Waals surface area contributed by atoms with E-state index in [4.69, 9.17) is 4.98 Å². The maximum Gasteiger partial charge on any atom is 0.0753 e. The highest BCUT2D eigenvalue weighted by Crippen LogP contribution is 2.61. The Balaban J connectivity index is 1.16. The van der Waals surface area contributed by atoms with Crippen LogP contribution in [-0.2, 0) is 11.8 Å². The van der Waals surface area contributed by atoms with E-state index >= 15 is 0 Å². The van der Waals surface area contributed by atoms with Gasteiger partial charge in [0.25, 0.3) is 0 Å². The maximum atomic E-state index is 5.12. The first-order chi connectivity index (χ1) is 25.2. The summed E-state index contributed by atoms with van der Waals surface area (Å²) in [6.07, 6.45) is 17.6. The lowest BCUT2D eigenvalue weighted by Crippen LogP contribution is -2.31. The largest absolute Gasteiger partial charge is 0.256 e. The predicted molar refractivity (Wildman–Crippen MR) is 215 cm³/mol. The van der Waals surface area contributed by atoms with Gasteiger partial charge < -0.3 is 0 Å². The molecule has 2 bridgehead atoms. The summed E-state index contributed by atoms with van der Waals surface area (Å²) in [5, 5.41) is 5.17. The normalized spacial score (nSPS) is 18.5. The summed E-state index contributed by atoms with van der Waals surface area (Å²) in [4.78, 5) is 5.12. The molecule has 0 saturated heterocycles. The second-order valence-corrected chi connectivity index (χ2v) is 13.9. The van der Waals surface area contributed by atoms with E-state index in [2.05, 4.69) is 159 Å². The van der Waals surface area contributed by atoms with E-state index in [0.29, 0.717) is 0 Å². The summed E-state index contributed by atoms with van der Waals surface area (Å²) >= 11 is 0. The smallest absolute Gasteiger partial charge is 0.0753 e. The molecule has 240 valence electrons. The highest BCUT2D eigenvalue weighted by Gasteiger charge is 2.50. The first-order valence-corrected chi connectivity index (χ1v) is 17.8. The maximum absolute atomic E-state index is 5.12. The van der Waals surface area contributed by atoms with E-state index in [1.54, 1.807) is 6.08 Å². The molecule has 0 radical (unpaired) electrons. The van der Waals surface area contributed by atoms with Crippen LogP contribution in [0.3, 0.4) is 0 Å². The van der Waals surface area contributed by atoms with Crippen molar-refractivity contribution in [3.63, 3.8) is 0 Å². The lowest BCUT2D eigenvalue weighted by atomic mass is 9.61. The summed E-state index contributed by atoms with van der Waals surface area (Å²) < 4.78 is 0. The Morgan fingerprint density at radius 1 is 0.686 bits per heavy atom. The minimum atomic E-state index is -0.459. The molecule has 51 heavy (non-hydrogen) atoms. The third kappa shape index (κ3) is 4.25. The molecule has 0 fully saturated rings. The Morgan fingerprint density at radius 2 is 1.51 bits per heavy atom. The topological polar surface area (TPSA) is 12.9 Å². The van der Waals surface area contributed by atoms with Gasteiger partial charge in [0.1, 0.15) is 0 Å². The molecule has 0 aliphatic heterocycles. The van der Waals surface area contributed by atoms with Gasteiger partial charge in [-0.2, -0.15) is 0 Å². The molecular formula is C50H35N. The molecule has 1 heterocycles. The van der Waals surface area contributed by atoms with Crippen LogP contribution in [-0.4, -0.2) is 4.98 Å². The zero-order valence-electron chi connectivity index (χ0n) is 28.3. The fourth-order valence-corrected chi connectivity index (χ4v) is 9.08. The number of benzene rings is 6. The van der Waals surface area contributed by atoms with Gasteiger partial charge in [-0.05, 0) is 107 Å². The molecule has 0 N–H and O–H groups in total. The molecule has 1 spiro atoms. The van der Waals surface area contributed by atoms with Gasteiger partial charge in [-0.1, -0.05) is 159 Å². The molecule has 2 unspecified atom stereocenters. The monoisotopic (exact) mass is 649 g/mol. The summed E-state index contributed by atoms with van der Waals surface area (Å²) in [7, 11) is 0. The summed E-state index contributed by atoms with van der Waals surface area (Å²) in [5.74, 6) is 0.139. The average molecular weight is 650 g/mol. The van der Waals surface area contributed by atoms with Crippen LogP contribution in [0.4, 0.5) is 0 Å². The molecule has 1 nitrogen and oxygen atoms in total. The van der Waals surface area contributed by atoms with Crippen LogP contribution in [0.25, 0.3) is 61.1 Å². The van der Waals surface area contributed by atoms with Gasteiger partial charge in [-0.3, -0.25) is 4.98 Å². The van der Waals surface area contributed by atoms with Crippen molar-refractivity contribution in [2.45, 2.75) is 11.8 Å². The summed E-state index contributed by atoms with van der Waals surface area (Å²) in [5.41, 5.74) is 15.7. The van der Waals surface area contributed by atoms with Gasteiger partial charge in [-0.25, -0.2) is 0 Å². The van der Waals surface area contributed by atoms with Gasteiger partial charge in [-0.15, -0.1) is 0 Å². The number of allylic oxidation sites excluding steroid dienone is 7. The highest BCUT2D eigenvalue weighted by molar-refractivity contribution is 6.07. The Hall–Kier alpha value is -6.31. The van der Waals surface area contributed by atoms with Crippen molar-refractivity contribution in [1.29, 1.82) is 0 Å². The Labute approximate surface area is 299 Å². The van der Waals surface area contributed by atoms with Crippen molar-refractivity contribution in [1.82, 2.24) is 4.98 Å². The number of nitrogens with zero attached hydrogens (tertiary/aromatic N) is 1. The van der Waals surface area contributed by atoms with Gasteiger partial charge >= 0.3 is 0 Å². The second-order valence-electron chi connectivity index (χ2n) is 13.9. The molecule has 3 aliphatic carbocycles. The zero-order chi connectivity index (χ0) is 34.1. The van der Waals surface area contributed by atoms with E-state index in [1.165, 1.54) is 82.7 Å². The first kappa shape index (κ1) is 29.6. The van der Waals surface area contributed by atoms with E-state index in [-0.39, 0.29) is 5.92 Å². The number of rotatable bonds is 4. The van der Waals surface area contributed by atoms with Crippen molar-refractivity contribution in [2.75, 3.05) is 0 Å². The lowest BCUT2D eigenvalue weighted by Gasteiger charge is -2.39. The van der Waals surface area contributed by atoms with Crippen LogP contribution >= 0.6 is 0 Å². The minimum Gasteiger partial charge on any atom is -0.256 e. The number of aromatic nitrogens is 1. The summed E-state index contributed by atoms with van der Waals surface area (Å²) in [6.45, 7) is 8.12. The van der Waals surface area contributed by atoms with Crippen molar-refractivity contribution in [2.24, 2.45) is 5.92 Å². The van der Waals surface area contributed by atoms with Crippen molar-refractivity contribution in [3.05, 3.63) is 216 Å². The van der Waals surface area contributed by atoms with Crippen molar-refractivity contribution < 1.29 is 0 Å². The first-order valence-electron chi connectivity index (χ1n) is 17.8. The minimum absolute atomic E-state index is 0.139. The fourth-order valence-electron chi connectivity index (χ4n) is 9.08. The molecule has 7 aromatic rings. The highest BCUT2D eigenvalue weighted by atomic mass is 14.7. The van der Waals surface area contributed by atoms with Gasteiger partial charge in [0, 0.05) is 17.7 Å². The standard InChI is InChI=1S/C50H35N/c1-3-4-11-32(2)34-12-7-13-35-24-27-38(39-26-22-33(21-23-34)30-42(35)39)37-25-28-45-43(31-37)49-47(20-10-29-51-49)50(45)44-18-6-5-16-40(44)41-17-8-14-36-15-9-19-46(50)48(36)41/h3-12,14-31,34H,1-2,13H2/b11-4-,12-7?,23-21-. The van der Waals surface area contributed by atoms with Gasteiger partial charge in [0.2, 0.25) is 0 Å². The Bertz CT molecular complexity index is 2710. The molecule has 0 amide bonds. The van der Waals surface area contributed by atoms with Crippen molar-refractivity contribution in [3.8, 4) is 33.5 Å². The van der Waals surface area contributed by atoms with Gasteiger partial charge in [0.05, 0.1) is 11.1 Å². The third-order valence-corrected chi connectivity index (χ3v) is 11.3. The van der Waals surface area contributed by atoms with Crippen LogP contribution in [0.15, 0.2) is 183 Å². The molecule has 1 heteroatoms. The van der Waals surface area contributed by atoms with Gasteiger partial charge in [0.15, 0.2) is 0 Å². The third-order valence-electron chi connectivity index (χ3n) is 11.3. The van der Waals surface area contributed by atoms with Crippen LogP contribution in [0.1, 0.15) is 33.4 Å². The quantitative estimate of drug-likeness (QED) is 0.137. The van der Waals surface area contributed by atoms with E-state index < -0.39 is 5.41 Å². The lowest BCUT2D eigenvalue weighted by molar-refractivity contribution is 0.771. The van der Waals surface area contributed by atoms with Crippen molar-refractivity contribution >= 4 is 27.6 Å². The molecule has 0 saturated carbocycles. The molecule has 3 aliphatic rings. The van der Waals surface area contributed by atoms with E-state index in [9.17, 15) is 0 Å². The number of pyridine rings is 1. The fraction of sp³-hybridized carbons (Fsp3) is 0.0600. The van der Waals surface area contributed by atoms with Crippen LogP contribution in [0.5, 0.6) is 0 Å². The zero-order valence-corrected chi connectivity index (χ0v) is 28.3. The Kier molecular flexibility index (Phi) is 6.60. The number of hydrogen-bond acceptors (Lipinski definition) is 1. The molecule has 2 atom stereocenters.